The average molecular weight is 254 g/mol. The van der Waals surface area contributed by atoms with Crippen molar-refractivity contribution in [3.05, 3.63) is 39.4 Å². The fourth-order valence-electron chi connectivity index (χ4n) is 1.36. The fourth-order valence-corrected chi connectivity index (χ4v) is 1.36. The Labute approximate surface area is 103 Å². The van der Waals surface area contributed by atoms with Crippen molar-refractivity contribution in [3.8, 4) is 11.8 Å². The van der Waals surface area contributed by atoms with E-state index in [1.54, 1.807) is 6.92 Å². The van der Waals surface area contributed by atoms with Gasteiger partial charge in [-0.25, -0.2) is 4.39 Å². The molecule has 0 saturated carbocycles. The molecule has 0 heterocycles. The molecule has 0 spiro atoms. The maximum absolute atomic E-state index is 13.3. The van der Waals surface area contributed by atoms with Crippen LogP contribution in [0.5, 0.6) is 0 Å². The third-order valence-corrected chi connectivity index (χ3v) is 2.23. The summed E-state index contributed by atoms with van der Waals surface area (Å²) >= 11 is 0. The number of hydrogen-bond donors (Lipinski definition) is 1. The number of nitrogens with one attached hydrogen (secondary N) is 1. The number of benzene rings is 1. The highest BCUT2D eigenvalue weighted by Crippen LogP contribution is 2.21. The molecule has 0 aliphatic heterocycles. The minimum Gasteiger partial charge on any atom is -0.312 e. The highest BCUT2D eigenvalue weighted by atomic mass is 19.1. The molecule has 18 heavy (non-hydrogen) atoms. The van der Waals surface area contributed by atoms with Gasteiger partial charge in [-0.15, -0.1) is 11.8 Å². The van der Waals surface area contributed by atoms with Crippen molar-refractivity contribution in [1.82, 2.24) is 5.32 Å². The van der Waals surface area contributed by atoms with Crippen LogP contribution in [-0.4, -0.2) is 11.5 Å². The molecule has 0 radical (unpaired) electrons. The van der Waals surface area contributed by atoms with Gasteiger partial charge in [-0.1, -0.05) is 0 Å². The number of rotatable bonds is 5. The standard InChI is InChI=1S/C12H12F2N2O2/c1-2-3-4-5-15-8-9-6-12(16(17)18)11(14)7-10(9)13/h6-7,15H,4-5,8H2,1H3. The van der Waals surface area contributed by atoms with Crippen molar-refractivity contribution >= 4 is 5.69 Å². The Kier molecular flexibility index (Phi) is 5.21. The lowest BCUT2D eigenvalue weighted by molar-refractivity contribution is -0.387. The molecule has 96 valence electrons. The zero-order valence-corrected chi connectivity index (χ0v) is 9.80. The fraction of sp³-hybridized carbons (Fsp3) is 0.333. The molecular weight excluding hydrogens is 242 g/mol. The second kappa shape index (κ2) is 6.67. The van der Waals surface area contributed by atoms with Crippen LogP contribution in [0.3, 0.4) is 0 Å². The topological polar surface area (TPSA) is 55.2 Å². The Morgan fingerprint density at radius 1 is 1.39 bits per heavy atom. The van der Waals surface area contributed by atoms with Gasteiger partial charge in [0, 0.05) is 37.2 Å². The monoisotopic (exact) mass is 254 g/mol. The van der Waals surface area contributed by atoms with Crippen LogP contribution in [0.4, 0.5) is 14.5 Å². The number of halogens is 2. The van der Waals surface area contributed by atoms with Crippen molar-refractivity contribution in [2.75, 3.05) is 6.54 Å². The van der Waals surface area contributed by atoms with Gasteiger partial charge in [0.2, 0.25) is 5.82 Å². The second-order valence-corrected chi connectivity index (χ2v) is 3.51. The summed E-state index contributed by atoms with van der Waals surface area (Å²) in [6.07, 6.45) is 0.599. The van der Waals surface area contributed by atoms with Gasteiger partial charge < -0.3 is 5.32 Å². The van der Waals surface area contributed by atoms with E-state index in [0.717, 1.165) is 6.07 Å². The number of nitro benzene ring substituents is 1. The predicted molar refractivity (Wildman–Crippen MR) is 62.8 cm³/mol. The van der Waals surface area contributed by atoms with Crippen LogP contribution in [-0.2, 0) is 6.54 Å². The molecule has 0 atom stereocenters. The maximum atomic E-state index is 13.3. The van der Waals surface area contributed by atoms with Crippen LogP contribution in [0.1, 0.15) is 18.9 Å². The molecule has 1 rings (SSSR count). The molecular formula is C12H12F2N2O2. The third kappa shape index (κ3) is 3.79. The predicted octanol–water partition coefficient (Wildman–Crippen LogP) is 2.38. The van der Waals surface area contributed by atoms with E-state index in [1.807, 2.05) is 0 Å². The Balaban J connectivity index is 2.72. The molecule has 1 N–H and O–H groups in total. The van der Waals surface area contributed by atoms with Gasteiger partial charge >= 0.3 is 5.69 Å². The second-order valence-electron chi connectivity index (χ2n) is 3.51. The van der Waals surface area contributed by atoms with Crippen molar-refractivity contribution in [3.63, 3.8) is 0 Å². The van der Waals surface area contributed by atoms with E-state index in [4.69, 9.17) is 0 Å². The quantitative estimate of drug-likeness (QED) is 0.380. The molecule has 0 bridgehead atoms. The molecule has 0 amide bonds. The molecule has 0 aliphatic carbocycles. The maximum Gasteiger partial charge on any atom is 0.305 e. The van der Waals surface area contributed by atoms with Crippen molar-refractivity contribution in [2.24, 2.45) is 0 Å². The summed E-state index contributed by atoms with van der Waals surface area (Å²) in [6, 6.07) is 1.43. The third-order valence-electron chi connectivity index (χ3n) is 2.23. The summed E-state index contributed by atoms with van der Waals surface area (Å²) in [4.78, 5) is 9.63. The van der Waals surface area contributed by atoms with E-state index in [2.05, 4.69) is 17.2 Å². The van der Waals surface area contributed by atoms with E-state index in [1.165, 1.54) is 0 Å². The molecule has 0 unspecified atom stereocenters. The first kappa shape index (κ1) is 14.1. The molecule has 0 aliphatic rings. The summed E-state index contributed by atoms with van der Waals surface area (Å²) in [7, 11) is 0. The van der Waals surface area contributed by atoms with E-state index in [0.29, 0.717) is 19.0 Å². The van der Waals surface area contributed by atoms with Gasteiger partial charge in [0.1, 0.15) is 5.82 Å². The first-order chi connectivity index (χ1) is 8.56. The number of nitro groups is 1. The van der Waals surface area contributed by atoms with Gasteiger partial charge in [-0.2, -0.15) is 4.39 Å². The minimum absolute atomic E-state index is 0.0626. The summed E-state index contributed by atoms with van der Waals surface area (Å²) in [6.45, 7) is 2.34. The van der Waals surface area contributed by atoms with E-state index in [9.17, 15) is 18.9 Å². The van der Waals surface area contributed by atoms with Crippen LogP contribution in [0.15, 0.2) is 12.1 Å². The Bertz CT molecular complexity index is 507. The lowest BCUT2D eigenvalue weighted by Gasteiger charge is -2.05. The minimum atomic E-state index is -1.17. The van der Waals surface area contributed by atoms with Gasteiger partial charge in [0.05, 0.1) is 4.92 Å². The molecule has 0 saturated heterocycles. The van der Waals surface area contributed by atoms with Crippen molar-refractivity contribution in [1.29, 1.82) is 0 Å². The molecule has 6 heteroatoms. The zero-order valence-electron chi connectivity index (χ0n) is 9.80. The number of hydrogen-bond acceptors (Lipinski definition) is 3. The van der Waals surface area contributed by atoms with Crippen molar-refractivity contribution < 1.29 is 13.7 Å². The number of nitrogens with zero attached hydrogens (tertiary/aromatic N) is 1. The van der Waals surface area contributed by atoms with Crippen LogP contribution in [0, 0.1) is 33.6 Å². The Morgan fingerprint density at radius 2 is 2.11 bits per heavy atom. The zero-order chi connectivity index (χ0) is 13.5. The van der Waals surface area contributed by atoms with Gasteiger partial charge in [0.15, 0.2) is 0 Å². The summed E-state index contributed by atoms with van der Waals surface area (Å²) in [5.74, 6) is 3.55. The van der Waals surface area contributed by atoms with Crippen LogP contribution in [0.2, 0.25) is 0 Å². The van der Waals surface area contributed by atoms with Crippen LogP contribution < -0.4 is 5.32 Å². The van der Waals surface area contributed by atoms with Gasteiger partial charge in [0.25, 0.3) is 0 Å². The van der Waals surface area contributed by atoms with Crippen LogP contribution in [0.25, 0.3) is 0 Å². The Hall–Kier alpha value is -2.00. The first-order valence-electron chi connectivity index (χ1n) is 5.29. The van der Waals surface area contributed by atoms with E-state index < -0.39 is 22.2 Å². The molecule has 0 aromatic heterocycles. The van der Waals surface area contributed by atoms with Crippen molar-refractivity contribution in [2.45, 2.75) is 19.9 Å². The lowest BCUT2D eigenvalue weighted by Crippen LogP contribution is -2.15. The summed E-state index contributed by atoms with van der Waals surface area (Å²) in [5.41, 5.74) is -0.658. The SMILES string of the molecule is CC#CCCNCc1cc([N+](=O)[O-])c(F)cc1F. The van der Waals surface area contributed by atoms with E-state index in [-0.39, 0.29) is 12.1 Å². The van der Waals surface area contributed by atoms with Gasteiger partial charge in [-0.3, -0.25) is 10.1 Å². The van der Waals surface area contributed by atoms with Crippen LogP contribution >= 0.6 is 0 Å². The smallest absolute Gasteiger partial charge is 0.305 e. The lowest BCUT2D eigenvalue weighted by atomic mass is 10.1. The van der Waals surface area contributed by atoms with Gasteiger partial charge in [-0.05, 0) is 6.92 Å². The largest absolute Gasteiger partial charge is 0.312 e. The molecule has 4 nitrogen and oxygen atoms in total. The first-order valence-corrected chi connectivity index (χ1v) is 5.29. The Morgan fingerprint density at radius 3 is 2.72 bits per heavy atom. The highest BCUT2D eigenvalue weighted by Gasteiger charge is 2.17. The normalized spacial score (nSPS) is 9.72. The molecule has 0 fully saturated rings. The molecule has 1 aromatic carbocycles. The molecule has 1 aromatic rings. The average Bonchev–Trinajstić information content (AvgIpc) is 2.30. The summed E-state index contributed by atoms with van der Waals surface area (Å²) in [5, 5.41) is 13.4. The highest BCUT2D eigenvalue weighted by molar-refractivity contribution is 5.37. The summed E-state index contributed by atoms with van der Waals surface area (Å²) < 4.78 is 26.4. The van der Waals surface area contributed by atoms with E-state index >= 15 is 0 Å².